The first-order chi connectivity index (χ1) is 17.1. The minimum Gasteiger partial charge on any atom is -0.497 e. The summed E-state index contributed by atoms with van der Waals surface area (Å²) >= 11 is 1.74. The van der Waals surface area contributed by atoms with Gasteiger partial charge < -0.3 is 14.7 Å². The van der Waals surface area contributed by atoms with Gasteiger partial charge in [0.1, 0.15) is 17.7 Å². The number of hydrogen-bond donors (Lipinski definition) is 1. The number of piperidine rings is 1. The van der Waals surface area contributed by atoms with E-state index in [0.717, 1.165) is 60.4 Å². The quantitative estimate of drug-likeness (QED) is 0.248. The molecule has 1 unspecified atom stereocenters. The maximum atomic E-state index is 15.4. The molecular weight excluding hydrogens is 466 g/mol. The van der Waals surface area contributed by atoms with Gasteiger partial charge in [-0.2, -0.15) is 0 Å². The topological polar surface area (TPSA) is 45.6 Å². The fraction of sp³-hybridized carbons (Fsp3) is 0.464. The molecular formula is C28H34F2N2O2S. The maximum Gasteiger partial charge on any atom is 0.126 e. The number of aromatic nitrogens is 1. The zero-order valence-electron chi connectivity index (χ0n) is 20.2. The number of aliphatic hydroxyl groups excluding tert-OH is 1. The summed E-state index contributed by atoms with van der Waals surface area (Å²) in [6.07, 6.45) is 3.80. The Bertz CT molecular complexity index is 1080. The predicted octanol–water partition coefficient (Wildman–Crippen LogP) is 6.29. The Kier molecular flexibility index (Phi) is 9.35. The lowest BCUT2D eigenvalue weighted by Crippen LogP contribution is -2.42. The van der Waals surface area contributed by atoms with Gasteiger partial charge in [-0.3, -0.25) is 4.98 Å². The molecule has 35 heavy (non-hydrogen) atoms. The van der Waals surface area contributed by atoms with E-state index in [-0.39, 0.29) is 18.3 Å². The second kappa shape index (κ2) is 12.7. The van der Waals surface area contributed by atoms with Crippen molar-refractivity contribution in [3.8, 4) is 5.75 Å². The van der Waals surface area contributed by atoms with E-state index >= 15 is 4.39 Å². The number of pyridine rings is 1. The predicted molar refractivity (Wildman–Crippen MR) is 138 cm³/mol. The number of halogens is 2. The summed E-state index contributed by atoms with van der Waals surface area (Å²) in [6, 6.07) is 13.9. The molecule has 2 aromatic carbocycles. The van der Waals surface area contributed by atoms with Gasteiger partial charge in [0.25, 0.3) is 0 Å². The normalized spacial score (nSPS) is 19.7. The van der Waals surface area contributed by atoms with Crippen LogP contribution in [0.25, 0.3) is 10.9 Å². The van der Waals surface area contributed by atoms with E-state index in [1.54, 1.807) is 31.1 Å². The fourth-order valence-electron chi connectivity index (χ4n) is 5.02. The van der Waals surface area contributed by atoms with E-state index in [1.807, 2.05) is 30.3 Å². The van der Waals surface area contributed by atoms with Crippen LogP contribution < -0.4 is 4.74 Å². The monoisotopic (exact) mass is 500 g/mol. The molecule has 1 aliphatic heterocycles. The highest BCUT2D eigenvalue weighted by Gasteiger charge is 2.29. The molecule has 0 radical (unpaired) electrons. The number of nitrogens with zero attached hydrogens (tertiary/aromatic N) is 2. The lowest BCUT2D eigenvalue weighted by molar-refractivity contribution is 0.0640. The summed E-state index contributed by atoms with van der Waals surface area (Å²) in [4.78, 5) is 7.85. The molecule has 3 atom stereocenters. The molecule has 2 heterocycles. The number of ether oxygens (including phenoxy) is 1. The van der Waals surface area contributed by atoms with E-state index < -0.39 is 6.17 Å². The molecule has 1 saturated heterocycles. The number of alkyl halides is 1. The highest BCUT2D eigenvalue weighted by Crippen LogP contribution is 2.35. The van der Waals surface area contributed by atoms with Crippen LogP contribution in [0.3, 0.4) is 0 Å². The van der Waals surface area contributed by atoms with E-state index in [0.29, 0.717) is 23.7 Å². The van der Waals surface area contributed by atoms with Crippen LogP contribution in [-0.2, 0) is 0 Å². The van der Waals surface area contributed by atoms with Gasteiger partial charge in [-0.05, 0) is 110 Å². The second-order valence-corrected chi connectivity index (χ2v) is 10.4. The number of benzene rings is 2. The lowest BCUT2D eigenvalue weighted by Gasteiger charge is -2.38. The van der Waals surface area contributed by atoms with Gasteiger partial charge >= 0.3 is 0 Å². The number of hydrogen-bond acceptors (Lipinski definition) is 5. The van der Waals surface area contributed by atoms with Crippen molar-refractivity contribution in [2.24, 2.45) is 11.8 Å². The molecule has 4 nitrogen and oxygen atoms in total. The van der Waals surface area contributed by atoms with Gasteiger partial charge in [-0.15, -0.1) is 11.8 Å². The van der Waals surface area contributed by atoms with E-state index in [2.05, 4.69) is 9.88 Å². The Hall–Kier alpha value is -2.22. The molecule has 0 bridgehead atoms. The van der Waals surface area contributed by atoms with Gasteiger partial charge in [-0.1, -0.05) is 0 Å². The highest BCUT2D eigenvalue weighted by atomic mass is 32.2. The minimum atomic E-state index is -1.08. The zero-order valence-corrected chi connectivity index (χ0v) is 21.0. The van der Waals surface area contributed by atoms with Crippen LogP contribution in [0.5, 0.6) is 5.75 Å². The summed E-state index contributed by atoms with van der Waals surface area (Å²) in [5, 5.41) is 10.8. The molecule has 3 aromatic rings. The largest absolute Gasteiger partial charge is 0.497 e. The van der Waals surface area contributed by atoms with Crippen LogP contribution in [0.4, 0.5) is 8.78 Å². The molecule has 0 spiro atoms. The van der Waals surface area contributed by atoms with Crippen LogP contribution in [0.2, 0.25) is 0 Å². The second-order valence-electron chi connectivity index (χ2n) is 9.28. The van der Waals surface area contributed by atoms with Gasteiger partial charge in [0.05, 0.1) is 12.6 Å². The van der Waals surface area contributed by atoms with E-state index in [9.17, 15) is 9.50 Å². The Morgan fingerprint density at radius 2 is 2.00 bits per heavy atom. The molecule has 188 valence electrons. The van der Waals surface area contributed by atoms with Crippen LogP contribution in [-0.4, -0.2) is 54.1 Å². The number of thioether (sulfide) groups is 1. The third-order valence-corrected chi connectivity index (χ3v) is 8.12. The van der Waals surface area contributed by atoms with Crippen LogP contribution in [0, 0.1) is 17.7 Å². The minimum absolute atomic E-state index is 0.137. The van der Waals surface area contributed by atoms with Crippen molar-refractivity contribution in [2.75, 3.05) is 39.1 Å². The molecule has 1 N–H and O–H groups in total. The fourth-order valence-corrected chi connectivity index (χ4v) is 5.86. The smallest absolute Gasteiger partial charge is 0.126 e. The van der Waals surface area contributed by atoms with Crippen molar-refractivity contribution in [3.05, 3.63) is 66.1 Å². The van der Waals surface area contributed by atoms with Crippen molar-refractivity contribution in [2.45, 2.75) is 36.8 Å². The van der Waals surface area contributed by atoms with Crippen molar-refractivity contribution in [3.63, 3.8) is 0 Å². The number of fused-ring (bicyclic) bond motifs is 1. The summed E-state index contributed by atoms with van der Waals surface area (Å²) in [6.45, 7) is 2.95. The SMILES string of the molecule is COc1ccc2nccc(C(F)CC[C@@H]3CCN(CCCSc4ccc(F)cc4)C[C@@H]3CO)c2c1. The molecule has 1 aromatic heterocycles. The Balaban J connectivity index is 1.25. The number of likely N-dealkylation sites (tertiary alicyclic amines) is 1. The lowest BCUT2D eigenvalue weighted by atomic mass is 9.81. The van der Waals surface area contributed by atoms with Crippen molar-refractivity contribution < 1.29 is 18.6 Å². The third-order valence-electron chi connectivity index (χ3n) is 7.02. The van der Waals surface area contributed by atoms with Gasteiger partial charge in [0.2, 0.25) is 0 Å². The van der Waals surface area contributed by atoms with Crippen LogP contribution in [0.15, 0.2) is 59.6 Å². The summed E-state index contributed by atoms with van der Waals surface area (Å²) < 4.78 is 33.7. The molecule has 1 aliphatic rings. The molecule has 0 saturated carbocycles. The molecule has 4 rings (SSSR count). The molecule has 1 fully saturated rings. The Morgan fingerprint density at radius 3 is 2.77 bits per heavy atom. The first-order valence-corrected chi connectivity index (χ1v) is 13.3. The average Bonchev–Trinajstić information content (AvgIpc) is 2.90. The number of methoxy groups -OCH3 is 1. The van der Waals surface area contributed by atoms with Gasteiger partial charge in [-0.25, -0.2) is 8.78 Å². The van der Waals surface area contributed by atoms with Crippen molar-refractivity contribution >= 4 is 22.7 Å². The number of rotatable bonds is 11. The van der Waals surface area contributed by atoms with Crippen LogP contribution >= 0.6 is 11.8 Å². The van der Waals surface area contributed by atoms with Crippen molar-refractivity contribution in [1.29, 1.82) is 0 Å². The Morgan fingerprint density at radius 1 is 1.17 bits per heavy atom. The standard InChI is InChI=1S/C28H34F2N2O2S/c1-34-23-6-10-28-26(17-23)25(11-13-31-28)27(30)9-3-20-12-15-32(18-21(20)19-33)14-2-16-35-24-7-4-22(29)5-8-24/h4-8,10-11,13,17,20-21,27,33H,2-3,9,12,14-16,18-19H2,1H3/t20-,21-,27?/m1/s1. The van der Waals surface area contributed by atoms with Gasteiger partial charge in [0.15, 0.2) is 0 Å². The van der Waals surface area contributed by atoms with E-state index in [4.69, 9.17) is 4.74 Å². The third kappa shape index (κ3) is 6.93. The molecule has 0 amide bonds. The van der Waals surface area contributed by atoms with Crippen LogP contribution in [0.1, 0.15) is 37.4 Å². The molecule has 7 heteroatoms. The first kappa shape index (κ1) is 25.9. The number of aliphatic hydroxyl groups is 1. The molecule has 0 aliphatic carbocycles. The maximum absolute atomic E-state index is 15.4. The first-order valence-electron chi connectivity index (χ1n) is 12.4. The van der Waals surface area contributed by atoms with Crippen molar-refractivity contribution in [1.82, 2.24) is 9.88 Å². The zero-order chi connectivity index (χ0) is 24.6. The highest BCUT2D eigenvalue weighted by molar-refractivity contribution is 7.99. The van der Waals surface area contributed by atoms with E-state index in [1.165, 1.54) is 12.1 Å². The average molecular weight is 501 g/mol. The summed E-state index contributed by atoms with van der Waals surface area (Å²) in [5.41, 5.74) is 1.43. The summed E-state index contributed by atoms with van der Waals surface area (Å²) in [5.74, 6) is 1.97. The Labute approximate surface area is 210 Å². The summed E-state index contributed by atoms with van der Waals surface area (Å²) in [7, 11) is 1.61. The van der Waals surface area contributed by atoms with Gasteiger partial charge in [0, 0.05) is 29.6 Å².